The minimum absolute atomic E-state index is 0.0544. The third-order valence-electron chi connectivity index (χ3n) is 4.25. The van der Waals surface area contributed by atoms with Crippen molar-refractivity contribution in [2.75, 3.05) is 13.2 Å². The summed E-state index contributed by atoms with van der Waals surface area (Å²) in [5.74, 6) is -0.345. The molecule has 1 unspecified atom stereocenters. The number of carbonyl (C=O) groups excluding carboxylic acids is 2. The van der Waals surface area contributed by atoms with E-state index in [1.165, 1.54) is 0 Å². The molecule has 4 nitrogen and oxygen atoms in total. The fourth-order valence-electron chi connectivity index (χ4n) is 3.08. The third kappa shape index (κ3) is 6.43. The predicted octanol–water partition coefficient (Wildman–Crippen LogP) is 3.98. The lowest BCUT2D eigenvalue weighted by Crippen LogP contribution is -2.28. The van der Waals surface area contributed by atoms with E-state index in [2.05, 4.69) is 27.0 Å². The second-order valence-electron chi connectivity index (χ2n) is 6.50. The monoisotopic (exact) mass is 320 g/mol. The zero-order chi connectivity index (χ0) is 17.3. The van der Waals surface area contributed by atoms with Gasteiger partial charge in [0.1, 0.15) is 13.2 Å². The maximum atomic E-state index is 11.9. The largest absolute Gasteiger partial charge is 0.461 e. The van der Waals surface area contributed by atoms with Crippen molar-refractivity contribution < 1.29 is 19.1 Å². The van der Waals surface area contributed by atoms with Gasteiger partial charge in [-0.1, -0.05) is 51.2 Å². The van der Waals surface area contributed by atoms with Crippen LogP contribution in [-0.2, 0) is 19.1 Å². The normalized spacial score (nSPS) is 21.5. The molecule has 23 heavy (non-hydrogen) atoms. The number of allylic oxidation sites excluding steroid dienone is 1. The van der Waals surface area contributed by atoms with Crippen LogP contribution < -0.4 is 0 Å². The Labute approximate surface area is 139 Å². The fraction of sp³-hybridized carbons (Fsp3) is 0.579. The Bertz CT molecular complexity index is 474. The summed E-state index contributed by atoms with van der Waals surface area (Å²) in [6, 6.07) is 0. The molecule has 0 aromatic rings. The number of hydrogen-bond donors (Lipinski definition) is 0. The van der Waals surface area contributed by atoms with Gasteiger partial charge in [-0.05, 0) is 30.6 Å². The first-order valence-electron chi connectivity index (χ1n) is 8.17. The van der Waals surface area contributed by atoms with Crippen LogP contribution in [0.3, 0.4) is 0 Å². The quantitative estimate of drug-likeness (QED) is 0.386. The van der Waals surface area contributed by atoms with Crippen LogP contribution in [0, 0.1) is 11.3 Å². The molecule has 0 spiro atoms. The lowest BCUT2D eigenvalue weighted by Gasteiger charge is -2.38. The van der Waals surface area contributed by atoms with Crippen molar-refractivity contribution in [3.05, 3.63) is 37.0 Å². The Morgan fingerprint density at radius 3 is 2.52 bits per heavy atom. The van der Waals surface area contributed by atoms with E-state index in [0.717, 1.165) is 24.8 Å². The van der Waals surface area contributed by atoms with Crippen LogP contribution in [0.1, 0.15) is 46.0 Å². The molecular weight excluding hydrogens is 292 g/mol. The zero-order valence-corrected chi connectivity index (χ0v) is 14.3. The van der Waals surface area contributed by atoms with Crippen LogP contribution in [-0.4, -0.2) is 25.2 Å². The molecule has 1 aliphatic carbocycles. The number of hydrogen-bond acceptors (Lipinski definition) is 4. The summed E-state index contributed by atoms with van der Waals surface area (Å²) in [4.78, 5) is 23.6. The van der Waals surface area contributed by atoms with Gasteiger partial charge in [-0.25, -0.2) is 4.79 Å². The molecule has 1 rings (SSSR count). The maximum Gasteiger partial charge on any atom is 0.331 e. The molecule has 1 aliphatic rings. The molecule has 1 fully saturated rings. The maximum absolute atomic E-state index is 11.9. The SMILES string of the molecule is C=CCOC(=O)/C=C1\C(CCC(=O)OCC=C)CCCC1(C)C. The summed E-state index contributed by atoms with van der Waals surface area (Å²) < 4.78 is 10.1. The van der Waals surface area contributed by atoms with Crippen molar-refractivity contribution in [2.45, 2.75) is 46.0 Å². The van der Waals surface area contributed by atoms with E-state index in [4.69, 9.17) is 9.47 Å². The van der Waals surface area contributed by atoms with E-state index >= 15 is 0 Å². The number of esters is 2. The minimum atomic E-state index is -0.339. The van der Waals surface area contributed by atoms with Crippen molar-refractivity contribution in [1.82, 2.24) is 0 Å². The van der Waals surface area contributed by atoms with Crippen molar-refractivity contribution in [1.29, 1.82) is 0 Å². The number of ether oxygens (including phenoxy) is 2. The highest BCUT2D eigenvalue weighted by Gasteiger charge is 2.34. The van der Waals surface area contributed by atoms with Crippen molar-refractivity contribution in [2.24, 2.45) is 11.3 Å². The molecule has 4 heteroatoms. The second kappa shape index (κ2) is 9.33. The molecule has 1 saturated carbocycles. The molecule has 0 aliphatic heterocycles. The molecule has 0 bridgehead atoms. The standard InChI is InChI=1S/C19H28O4/c1-5-12-22-17(20)10-9-15-8-7-11-19(3,4)16(15)14-18(21)23-13-6-2/h5-6,14-15H,1-2,7-13H2,3-4H3/b16-14+. The number of carbonyl (C=O) groups is 2. The second-order valence-corrected chi connectivity index (χ2v) is 6.50. The molecule has 0 aromatic carbocycles. The Morgan fingerprint density at radius 1 is 1.22 bits per heavy atom. The van der Waals surface area contributed by atoms with E-state index in [0.29, 0.717) is 12.8 Å². The average Bonchev–Trinajstić information content (AvgIpc) is 2.51. The molecule has 128 valence electrons. The van der Waals surface area contributed by atoms with Crippen LogP contribution in [0.15, 0.2) is 37.0 Å². The molecule has 0 heterocycles. The molecule has 0 N–H and O–H groups in total. The average molecular weight is 320 g/mol. The van der Waals surface area contributed by atoms with E-state index in [1.807, 2.05) is 0 Å². The minimum Gasteiger partial charge on any atom is -0.461 e. The van der Waals surface area contributed by atoms with Gasteiger partial charge in [0.25, 0.3) is 0 Å². The Kier molecular flexibility index (Phi) is 7.79. The Morgan fingerprint density at radius 2 is 1.87 bits per heavy atom. The summed E-state index contributed by atoms with van der Waals surface area (Å²) >= 11 is 0. The van der Waals surface area contributed by atoms with Crippen molar-refractivity contribution in [3.63, 3.8) is 0 Å². The predicted molar refractivity (Wildman–Crippen MR) is 90.8 cm³/mol. The molecular formula is C19H28O4. The lowest BCUT2D eigenvalue weighted by molar-refractivity contribution is -0.142. The van der Waals surface area contributed by atoms with Crippen molar-refractivity contribution in [3.8, 4) is 0 Å². The van der Waals surface area contributed by atoms with Gasteiger partial charge in [0.2, 0.25) is 0 Å². The first kappa shape index (κ1) is 19.2. The van der Waals surface area contributed by atoms with Gasteiger partial charge in [-0.15, -0.1) is 0 Å². The summed E-state index contributed by atoms with van der Waals surface area (Å²) in [6.45, 7) is 11.8. The van der Waals surface area contributed by atoms with Crippen LogP contribution >= 0.6 is 0 Å². The smallest absolute Gasteiger partial charge is 0.331 e. The van der Waals surface area contributed by atoms with Crippen molar-refractivity contribution >= 4 is 11.9 Å². The summed E-state index contributed by atoms with van der Waals surface area (Å²) in [6.07, 6.45) is 8.89. The Balaban J connectivity index is 2.75. The van der Waals surface area contributed by atoms with Crippen LogP contribution in [0.25, 0.3) is 0 Å². The molecule has 0 amide bonds. The number of rotatable bonds is 8. The summed E-state index contributed by atoms with van der Waals surface area (Å²) in [5, 5.41) is 0. The third-order valence-corrected chi connectivity index (χ3v) is 4.25. The van der Waals surface area contributed by atoms with Gasteiger partial charge in [0.05, 0.1) is 0 Å². The molecule has 0 radical (unpaired) electrons. The van der Waals surface area contributed by atoms with Gasteiger partial charge in [-0.3, -0.25) is 4.79 Å². The van der Waals surface area contributed by atoms with Crippen LogP contribution in [0.2, 0.25) is 0 Å². The first-order chi connectivity index (χ1) is 10.9. The highest BCUT2D eigenvalue weighted by molar-refractivity contribution is 5.83. The van der Waals surface area contributed by atoms with Crippen LogP contribution in [0.5, 0.6) is 0 Å². The van der Waals surface area contributed by atoms with E-state index in [9.17, 15) is 9.59 Å². The highest BCUT2D eigenvalue weighted by Crippen LogP contribution is 2.45. The van der Waals surface area contributed by atoms with Gasteiger partial charge in [0, 0.05) is 12.5 Å². The Hall–Kier alpha value is -1.84. The highest BCUT2D eigenvalue weighted by atomic mass is 16.5. The van der Waals surface area contributed by atoms with E-state index in [-0.39, 0.29) is 36.5 Å². The van der Waals surface area contributed by atoms with Crippen LogP contribution in [0.4, 0.5) is 0 Å². The molecule has 0 saturated heterocycles. The van der Waals surface area contributed by atoms with Gasteiger partial charge in [-0.2, -0.15) is 0 Å². The van der Waals surface area contributed by atoms with Gasteiger partial charge >= 0.3 is 11.9 Å². The lowest BCUT2D eigenvalue weighted by atomic mass is 9.66. The molecule has 0 aromatic heterocycles. The van der Waals surface area contributed by atoms with Gasteiger partial charge < -0.3 is 9.47 Å². The zero-order valence-electron chi connectivity index (χ0n) is 14.3. The fourth-order valence-corrected chi connectivity index (χ4v) is 3.08. The van der Waals surface area contributed by atoms with E-state index < -0.39 is 0 Å². The van der Waals surface area contributed by atoms with E-state index in [1.54, 1.807) is 18.2 Å². The summed E-state index contributed by atoms with van der Waals surface area (Å²) in [5.41, 5.74) is 1.02. The first-order valence-corrected chi connectivity index (χ1v) is 8.17. The van der Waals surface area contributed by atoms with Gasteiger partial charge in [0.15, 0.2) is 0 Å². The molecule has 1 atom stereocenters. The topological polar surface area (TPSA) is 52.6 Å². The summed E-state index contributed by atoms with van der Waals surface area (Å²) in [7, 11) is 0.